The summed E-state index contributed by atoms with van der Waals surface area (Å²) in [5.74, 6) is 0.419. The Morgan fingerprint density at radius 3 is 2.65 bits per heavy atom. The van der Waals surface area contributed by atoms with Crippen molar-refractivity contribution in [2.24, 2.45) is 5.92 Å². The lowest BCUT2D eigenvalue weighted by Gasteiger charge is -2.28. The van der Waals surface area contributed by atoms with Gasteiger partial charge in [-0.05, 0) is 63.5 Å². The lowest BCUT2D eigenvalue weighted by atomic mass is 9.98. The van der Waals surface area contributed by atoms with E-state index in [-0.39, 0.29) is 4.90 Å². The van der Waals surface area contributed by atoms with Gasteiger partial charge >= 0.3 is 0 Å². The van der Waals surface area contributed by atoms with Crippen molar-refractivity contribution in [3.63, 3.8) is 0 Å². The van der Waals surface area contributed by atoms with E-state index in [0.717, 1.165) is 31.5 Å². The van der Waals surface area contributed by atoms with Gasteiger partial charge in [-0.15, -0.1) is 0 Å². The van der Waals surface area contributed by atoms with Gasteiger partial charge in [0.2, 0.25) is 10.0 Å². The molecule has 0 saturated carbocycles. The van der Waals surface area contributed by atoms with E-state index in [1.165, 1.54) is 6.07 Å². The van der Waals surface area contributed by atoms with Crippen LogP contribution in [0.5, 0.6) is 0 Å². The molecule has 0 radical (unpaired) electrons. The summed E-state index contributed by atoms with van der Waals surface area (Å²) in [6.07, 6.45) is 2.07. The van der Waals surface area contributed by atoms with Crippen LogP contribution in [-0.4, -0.2) is 40.0 Å². The largest absolute Gasteiger partial charge is 0.399 e. The van der Waals surface area contributed by atoms with Crippen molar-refractivity contribution in [1.82, 2.24) is 9.62 Å². The molecule has 20 heavy (non-hydrogen) atoms. The fraction of sp³-hybridized carbons (Fsp3) is 0.571. The second-order valence-corrected chi connectivity index (χ2v) is 7.36. The molecule has 0 amide bonds. The summed E-state index contributed by atoms with van der Waals surface area (Å²) in [7, 11) is -1.38. The van der Waals surface area contributed by atoms with Crippen molar-refractivity contribution in [3.05, 3.63) is 23.8 Å². The first kappa shape index (κ1) is 15.3. The minimum Gasteiger partial charge on any atom is -0.399 e. The van der Waals surface area contributed by atoms with Gasteiger partial charge in [0, 0.05) is 12.2 Å². The number of nitrogen functional groups attached to an aromatic ring is 1. The minimum atomic E-state index is -3.47. The van der Waals surface area contributed by atoms with Crippen LogP contribution < -0.4 is 10.5 Å². The zero-order valence-electron chi connectivity index (χ0n) is 12.1. The van der Waals surface area contributed by atoms with Crippen LogP contribution in [0.2, 0.25) is 0 Å². The first-order valence-corrected chi connectivity index (χ1v) is 8.41. The Kier molecular flexibility index (Phi) is 4.67. The summed E-state index contributed by atoms with van der Waals surface area (Å²) < 4.78 is 27.4. The van der Waals surface area contributed by atoms with E-state index in [1.807, 2.05) is 0 Å². The molecule has 0 bridgehead atoms. The normalized spacial score (nSPS) is 18.3. The average Bonchev–Trinajstić information content (AvgIpc) is 2.41. The van der Waals surface area contributed by atoms with E-state index in [9.17, 15) is 8.42 Å². The van der Waals surface area contributed by atoms with Gasteiger partial charge in [0.1, 0.15) is 0 Å². The maximum atomic E-state index is 12.3. The smallest absolute Gasteiger partial charge is 0.240 e. The zero-order valence-corrected chi connectivity index (χ0v) is 12.9. The fourth-order valence-electron chi connectivity index (χ4n) is 2.48. The molecule has 1 heterocycles. The van der Waals surface area contributed by atoms with Crippen LogP contribution in [0, 0.1) is 12.8 Å². The van der Waals surface area contributed by atoms with E-state index in [1.54, 1.807) is 19.1 Å². The molecule has 1 aromatic carbocycles. The van der Waals surface area contributed by atoms with Gasteiger partial charge in [0.15, 0.2) is 0 Å². The molecule has 1 aliphatic rings. The summed E-state index contributed by atoms with van der Waals surface area (Å²) in [5, 5.41) is 0. The van der Waals surface area contributed by atoms with E-state index in [2.05, 4.69) is 16.7 Å². The number of rotatable bonds is 4. The van der Waals surface area contributed by atoms with E-state index in [4.69, 9.17) is 5.73 Å². The number of nitrogens with zero attached hydrogens (tertiary/aromatic N) is 1. The van der Waals surface area contributed by atoms with E-state index < -0.39 is 10.0 Å². The van der Waals surface area contributed by atoms with Crippen LogP contribution in [0.3, 0.4) is 0 Å². The standard InChI is InChI=1S/C14H23N3O2S/c1-11-3-4-13(15)9-14(11)20(18,19)16-10-12-5-7-17(2)8-6-12/h3-4,9,12,16H,5-8,10,15H2,1-2H3. The molecule has 0 spiro atoms. The van der Waals surface area contributed by atoms with Crippen molar-refractivity contribution in [2.75, 3.05) is 32.4 Å². The van der Waals surface area contributed by atoms with Gasteiger partial charge in [-0.3, -0.25) is 0 Å². The van der Waals surface area contributed by atoms with Crippen LogP contribution in [0.15, 0.2) is 23.1 Å². The number of benzene rings is 1. The fourth-order valence-corrected chi connectivity index (χ4v) is 3.87. The summed E-state index contributed by atoms with van der Waals surface area (Å²) in [6.45, 7) is 4.35. The molecule has 0 aliphatic carbocycles. The Morgan fingerprint density at radius 1 is 1.35 bits per heavy atom. The second kappa shape index (κ2) is 6.11. The van der Waals surface area contributed by atoms with E-state index >= 15 is 0 Å². The average molecular weight is 297 g/mol. The van der Waals surface area contributed by atoms with Crippen molar-refractivity contribution in [1.29, 1.82) is 0 Å². The van der Waals surface area contributed by atoms with Crippen LogP contribution >= 0.6 is 0 Å². The van der Waals surface area contributed by atoms with Gasteiger partial charge in [-0.25, -0.2) is 13.1 Å². The summed E-state index contributed by atoms with van der Waals surface area (Å²) >= 11 is 0. The predicted octanol–water partition coefficient (Wildman–Crippen LogP) is 1.20. The number of piperidine rings is 1. The number of hydrogen-bond donors (Lipinski definition) is 2. The Hall–Kier alpha value is -1.11. The molecule has 112 valence electrons. The zero-order chi connectivity index (χ0) is 14.8. The first-order chi connectivity index (χ1) is 9.38. The highest BCUT2D eigenvalue weighted by Crippen LogP contribution is 2.20. The van der Waals surface area contributed by atoms with Crippen molar-refractivity contribution >= 4 is 15.7 Å². The lowest BCUT2D eigenvalue weighted by molar-refractivity contribution is 0.220. The third kappa shape index (κ3) is 3.71. The molecule has 6 heteroatoms. The van der Waals surface area contributed by atoms with Crippen molar-refractivity contribution < 1.29 is 8.42 Å². The van der Waals surface area contributed by atoms with Gasteiger partial charge in [0.25, 0.3) is 0 Å². The van der Waals surface area contributed by atoms with Crippen LogP contribution in [0.25, 0.3) is 0 Å². The van der Waals surface area contributed by atoms with Gasteiger partial charge < -0.3 is 10.6 Å². The number of aryl methyl sites for hydroxylation is 1. The van der Waals surface area contributed by atoms with Crippen molar-refractivity contribution in [3.8, 4) is 0 Å². The van der Waals surface area contributed by atoms with Crippen LogP contribution in [-0.2, 0) is 10.0 Å². The Labute approximate surface area is 121 Å². The van der Waals surface area contributed by atoms with Gasteiger partial charge in [-0.2, -0.15) is 0 Å². The Bertz CT molecular complexity index is 564. The Morgan fingerprint density at radius 2 is 2.00 bits per heavy atom. The molecule has 2 rings (SSSR count). The minimum absolute atomic E-state index is 0.283. The number of likely N-dealkylation sites (tertiary alicyclic amines) is 1. The highest BCUT2D eigenvalue weighted by atomic mass is 32.2. The molecular weight excluding hydrogens is 274 g/mol. The highest BCUT2D eigenvalue weighted by Gasteiger charge is 2.21. The monoisotopic (exact) mass is 297 g/mol. The summed E-state index contributed by atoms with van der Waals surface area (Å²) in [5.41, 5.74) is 6.87. The van der Waals surface area contributed by atoms with Crippen LogP contribution in [0.4, 0.5) is 5.69 Å². The predicted molar refractivity (Wildman–Crippen MR) is 81.0 cm³/mol. The quantitative estimate of drug-likeness (QED) is 0.819. The molecule has 1 aromatic rings. The lowest BCUT2D eigenvalue weighted by Crippen LogP contribution is -2.37. The third-order valence-electron chi connectivity index (χ3n) is 3.90. The number of nitrogens with one attached hydrogen (secondary N) is 1. The third-order valence-corrected chi connectivity index (χ3v) is 5.47. The molecule has 0 unspecified atom stereocenters. The van der Waals surface area contributed by atoms with E-state index in [0.29, 0.717) is 18.2 Å². The number of hydrogen-bond acceptors (Lipinski definition) is 4. The SMILES string of the molecule is Cc1ccc(N)cc1S(=O)(=O)NCC1CCN(C)CC1. The molecule has 1 fully saturated rings. The summed E-state index contributed by atoms with van der Waals surface area (Å²) in [4.78, 5) is 2.55. The maximum absolute atomic E-state index is 12.3. The molecule has 1 saturated heterocycles. The van der Waals surface area contributed by atoms with Crippen LogP contribution in [0.1, 0.15) is 18.4 Å². The van der Waals surface area contributed by atoms with Gasteiger partial charge in [-0.1, -0.05) is 6.07 Å². The second-order valence-electron chi connectivity index (χ2n) is 5.62. The number of nitrogens with two attached hydrogens (primary N) is 1. The van der Waals surface area contributed by atoms with Gasteiger partial charge in [0.05, 0.1) is 4.90 Å². The highest BCUT2D eigenvalue weighted by molar-refractivity contribution is 7.89. The number of sulfonamides is 1. The topological polar surface area (TPSA) is 75.4 Å². The van der Waals surface area contributed by atoms with Crippen molar-refractivity contribution in [2.45, 2.75) is 24.7 Å². The summed E-state index contributed by atoms with van der Waals surface area (Å²) in [6, 6.07) is 4.97. The molecule has 1 aliphatic heterocycles. The first-order valence-electron chi connectivity index (χ1n) is 6.93. The number of anilines is 1. The Balaban J connectivity index is 2.02. The molecular formula is C14H23N3O2S. The molecule has 0 atom stereocenters. The molecule has 5 nitrogen and oxygen atoms in total. The molecule has 3 N–H and O–H groups in total. The molecule has 0 aromatic heterocycles. The maximum Gasteiger partial charge on any atom is 0.240 e.